The molecule has 2 heteroatoms. The van der Waals surface area contributed by atoms with Crippen LogP contribution in [0.15, 0.2) is 0 Å². The average Bonchev–Trinajstić information content (AvgIpc) is 2.41. The van der Waals surface area contributed by atoms with E-state index in [1.54, 1.807) is 0 Å². The van der Waals surface area contributed by atoms with Crippen LogP contribution in [0.5, 0.6) is 0 Å². The van der Waals surface area contributed by atoms with Gasteiger partial charge in [-0.3, -0.25) is 0 Å². The van der Waals surface area contributed by atoms with Gasteiger partial charge in [0.05, 0.1) is 0 Å². The molecule has 0 aromatic heterocycles. The normalized spacial score (nSPS) is 29.4. The third-order valence-corrected chi connectivity index (χ3v) is 5.14. The van der Waals surface area contributed by atoms with Gasteiger partial charge in [-0.05, 0) is 70.3 Å². The highest BCUT2D eigenvalue weighted by Gasteiger charge is 2.33. The van der Waals surface area contributed by atoms with Crippen LogP contribution >= 0.6 is 0 Å². The fraction of sp³-hybridized carbons (Fsp3) is 1.00. The number of nitrogens with one attached hydrogen (secondary N) is 1. The van der Waals surface area contributed by atoms with Gasteiger partial charge in [-0.15, -0.1) is 0 Å². The van der Waals surface area contributed by atoms with E-state index in [0.29, 0.717) is 0 Å². The summed E-state index contributed by atoms with van der Waals surface area (Å²) < 4.78 is 5.29. The Morgan fingerprint density at radius 3 is 2.50 bits per heavy atom. The minimum absolute atomic E-state index is 0.238. The molecule has 0 aromatic carbocycles. The Hall–Kier alpha value is -0.0800. The van der Waals surface area contributed by atoms with Crippen LogP contribution in [0.1, 0.15) is 66.7 Å². The fourth-order valence-electron chi connectivity index (χ4n) is 3.64. The summed E-state index contributed by atoms with van der Waals surface area (Å²) in [6.45, 7) is 13.7. The maximum absolute atomic E-state index is 5.29. The maximum Gasteiger partial charge on any atom is 0.0464 e. The summed E-state index contributed by atoms with van der Waals surface area (Å²) in [6, 6.07) is 0. The molecule has 1 aliphatic rings. The summed E-state index contributed by atoms with van der Waals surface area (Å²) in [5, 5.41) is 3.73. The van der Waals surface area contributed by atoms with E-state index in [-0.39, 0.29) is 5.54 Å². The lowest BCUT2D eigenvalue weighted by Gasteiger charge is -2.40. The third-order valence-electron chi connectivity index (χ3n) is 5.14. The van der Waals surface area contributed by atoms with Crippen LogP contribution in [0.2, 0.25) is 0 Å². The van der Waals surface area contributed by atoms with E-state index in [2.05, 4.69) is 39.9 Å². The summed E-state index contributed by atoms with van der Waals surface area (Å²) in [5.74, 6) is 3.47. The van der Waals surface area contributed by atoms with Crippen molar-refractivity contribution in [1.82, 2.24) is 5.32 Å². The van der Waals surface area contributed by atoms with Gasteiger partial charge in [-0.25, -0.2) is 0 Å². The van der Waals surface area contributed by atoms with Gasteiger partial charge >= 0.3 is 0 Å². The Labute approximate surface area is 127 Å². The first-order valence-electron chi connectivity index (χ1n) is 8.61. The van der Waals surface area contributed by atoms with Crippen LogP contribution in [0.4, 0.5) is 0 Å². The molecule has 4 atom stereocenters. The quantitative estimate of drug-likeness (QED) is 0.743. The predicted molar refractivity (Wildman–Crippen MR) is 88.0 cm³/mol. The molecule has 4 unspecified atom stereocenters. The summed E-state index contributed by atoms with van der Waals surface area (Å²) in [4.78, 5) is 0. The summed E-state index contributed by atoms with van der Waals surface area (Å²) in [5.41, 5.74) is 0.238. The highest BCUT2D eigenvalue weighted by Crippen LogP contribution is 2.40. The highest BCUT2D eigenvalue weighted by atomic mass is 16.5. The second kappa shape index (κ2) is 8.38. The van der Waals surface area contributed by atoms with Crippen molar-refractivity contribution in [3.05, 3.63) is 0 Å². The van der Waals surface area contributed by atoms with Crippen LogP contribution < -0.4 is 5.32 Å². The molecular formula is C18H37NO. The topological polar surface area (TPSA) is 21.3 Å². The van der Waals surface area contributed by atoms with Crippen molar-refractivity contribution in [2.45, 2.75) is 72.3 Å². The lowest BCUT2D eigenvalue weighted by molar-refractivity contribution is 0.0922. The van der Waals surface area contributed by atoms with E-state index in [9.17, 15) is 0 Å². The average molecular weight is 284 g/mol. The van der Waals surface area contributed by atoms with Gasteiger partial charge in [0.2, 0.25) is 0 Å². The lowest BCUT2D eigenvalue weighted by Crippen LogP contribution is -2.43. The summed E-state index contributed by atoms with van der Waals surface area (Å²) in [6.07, 6.45) is 6.83. The largest absolute Gasteiger partial charge is 0.385 e. The Morgan fingerprint density at radius 1 is 1.25 bits per heavy atom. The van der Waals surface area contributed by atoms with Gasteiger partial charge in [0, 0.05) is 19.3 Å². The Morgan fingerprint density at radius 2 is 1.95 bits per heavy atom. The molecule has 20 heavy (non-hydrogen) atoms. The predicted octanol–water partition coefficient (Wildman–Crippen LogP) is 4.49. The van der Waals surface area contributed by atoms with E-state index >= 15 is 0 Å². The molecule has 1 fully saturated rings. The molecule has 1 rings (SSSR count). The van der Waals surface area contributed by atoms with Crippen molar-refractivity contribution >= 4 is 0 Å². The van der Waals surface area contributed by atoms with Gasteiger partial charge in [0.15, 0.2) is 0 Å². The first-order valence-corrected chi connectivity index (χ1v) is 8.61. The molecule has 0 saturated heterocycles. The number of hydrogen-bond donors (Lipinski definition) is 1. The molecular weight excluding hydrogens is 246 g/mol. The van der Waals surface area contributed by atoms with Crippen LogP contribution in [-0.2, 0) is 4.74 Å². The van der Waals surface area contributed by atoms with Crippen molar-refractivity contribution in [1.29, 1.82) is 0 Å². The lowest BCUT2D eigenvalue weighted by atomic mass is 9.67. The van der Waals surface area contributed by atoms with E-state index in [0.717, 1.165) is 30.3 Å². The number of rotatable bonds is 7. The fourth-order valence-corrected chi connectivity index (χ4v) is 3.64. The van der Waals surface area contributed by atoms with Crippen molar-refractivity contribution < 1.29 is 4.74 Å². The molecule has 2 nitrogen and oxygen atoms in total. The first kappa shape index (κ1) is 18.0. The minimum Gasteiger partial charge on any atom is -0.385 e. The van der Waals surface area contributed by atoms with Gasteiger partial charge in [-0.1, -0.05) is 26.7 Å². The Balaban J connectivity index is 2.59. The van der Waals surface area contributed by atoms with Crippen molar-refractivity contribution in [2.75, 3.05) is 20.3 Å². The zero-order valence-corrected chi connectivity index (χ0v) is 14.7. The summed E-state index contributed by atoms with van der Waals surface area (Å²) >= 11 is 0. The van der Waals surface area contributed by atoms with Crippen molar-refractivity contribution in [3.8, 4) is 0 Å². The molecule has 120 valence electrons. The number of ether oxygens (including phenoxy) is 1. The van der Waals surface area contributed by atoms with Gasteiger partial charge in [-0.2, -0.15) is 0 Å². The molecule has 1 N–H and O–H groups in total. The summed E-state index contributed by atoms with van der Waals surface area (Å²) in [7, 11) is 1.82. The Kier molecular flexibility index (Phi) is 7.53. The highest BCUT2D eigenvalue weighted by molar-refractivity contribution is 4.85. The monoisotopic (exact) mass is 283 g/mol. The molecule has 0 aliphatic heterocycles. The zero-order valence-electron chi connectivity index (χ0n) is 14.7. The van der Waals surface area contributed by atoms with E-state index in [1.807, 2.05) is 7.11 Å². The molecule has 1 saturated carbocycles. The molecule has 0 spiro atoms. The number of methoxy groups -OCH3 is 1. The zero-order chi connectivity index (χ0) is 15.2. The van der Waals surface area contributed by atoms with Crippen LogP contribution in [-0.4, -0.2) is 25.8 Å². The second-order valence-electron chi connectivity index (χ2n) is 7.90. The van der Waals surface area contributed by atoms with Crippen molar-refractivity contribution in [2.24, 2.45) is 23.7 Å². The number of hydrogen-bond acceptors (Lipinski definition) is 2. The Bertz CT molecular complexity index is 259. The molecule has 0 heterocycles. The standard InChI is InChI=1S/C18H37NO/c1-7-15-8-9-16(13-19-18(3,4)5)17(12-15)14(2)10-11-20-6/h14-17,19H,7-13H2,1-6H3. The van der Waals surface area contributed by atoms with Crippen molar-refractivity contribution in [3.63, 3.8) is 0 Å². The third kappa shape index (κ3) is 6.13. The van der Waals surface area contributed by atoms with Crippen LogP contribution in [0.3, 0.4) is 0 Å². The minimum atomic E-state index is 0.238. The molecule has 0 bridgehead atoms. The van der Waals surface area contributed by atoms with Gasteiger partial charge in [0.1, 0.15) is 0 Å². The first-order chi connectivity index (χ1) is 9.37. The van der Waals surface area contributed by atoms with Crippen LogP contribution in [0.25, 0.3) is 0 Å². The molecule has 0 aromatic rings. The van der Waals surface area contributed by atoms with Gasteiger partial charge in [0.25, 0.3) is 0 Å². The smallest absolute Gasteiger partial charge is 0.0464 e. The van der Waals surface area contributed by atoms with Crippen LogP contribution in [0, 0.1) is 23.7 Å². The van der Waals surface area contributed by atoms with E-state index in [1.165, 1.54) is 38.6 Å². The molecule has 1 aliphatic carbocycles. The second-order valence-corrected chi connectivity index (χ2v) is 7.90. The molecule has 0 amide bonds. The van der Waals surface area contributed by atoms with E-state index in [4.69, 9.17) is 4.74 Å². The molecule has 0 radical (unpaired) electrons. The SMILES string of the molecule is CCC1CCC(CNC(C)(C)C)C(C(C)CCOC)C1. The van der Waals surface area contributed by atoms with E-state index < -0.39 is 0 Å². The maximum atomic E-state index is 5.29. The van der Waals surface area contributed by atoms with Gasteiger partial charge < -0.3 is 10.1 Å².